The summed E-state index contributed by atoms with van der Waals surface area (Å²) in [6.45, 7) is 2.00. The lowest BCUT2D eigenvalue weighted by Gasteiger charge is -2.40. The van der Waals surface area contributed by atoms with Crippen molar-refractivity contribution in [2.45, 2.75) is 31.3 Å². The minimum Gasteiger partial charge on any atom is -0.389 e. The van der Waals surface area contributed by atoms with Crippen LogP contribution in [0, 0.1) is 11.6 Å². The summed E-state index contributed by atoms with van der Waals surface area (Å²) >= 11 is 0. The van der Waals surface area contributed by atoms with Crippen LogP contribution in [0.2, 0.25) is 0 Å². The Morgan fingerprint density at radius 3 is 2.41 bits per heavy atom. The summed E-state index contributed by atoms with van der Waals surface area (Å²) in [5.74, 6) is -1.21. The van der Waals surface area contributed by atoms with Crippen LogP contribution < -0.4 is 4.90 Å². The molecule has 22 heavy (non-hydrogen) atoms. The van der Waals surface area contributed by atoms with Crippen LogP contribution >= 0.6 is 0 Å². The standard InChI is InChI=1S/C16H20F2N2O2/c17-12-2-3-14(13(18)10-12)19-6-8-20(9-7-19)15(21)11-16(22)4-1-5-16/h2-3,10,22H,1,4-9,11H2. The fraction of sp³-hybridized carbons (Fsp3) is 0.562. The number of rotatable bonds is 3. The van der Waals surface area contributed by atoms with Crippen LogP contribution in [0.3, 0.4) is 0 Å². The van der Waals surface area contributed by atoms with E-state index in [4.69, 9.17) is 0 Å². The van der Waals surface area contributed by atoms with Gasteiger partial charge in [0.25, 0.3) is 0 Å². The van der Waals surface area contributed by atoms with Gasteiger partial charge in [-0.05, 0) is 31.4 Å². The molecule has 0 atom stereocenters. The van der Waals surface area contributed by atoms with Crippen molar-refractivity contribution in [1.29, 1.82) is 0 Å². The normalized spacial score (nSPS) is 20.7. The molecule has 1 heterocycles. The third kappa shape index (κ3) is 3.06. The Kier molecular flexibility index (Phi) is 4.04. The summed E-state index contributed by atoms with van der Waals surface area (Å²) < 4.78 is 26.7. The summed E-state index contributed by atoms with van der Waals surface area (Å²) in [5, 5.41) is 10.1. The number of benzene rings is 1. The third-order valence-electron chi connectivity index (χ3n) is 4.65. The number of carbonyl (C=O) groups excluding carboxylic acids is 1. The summed E-state index contributed by atoms with van der Waals surface area (Å²) in [6.07, 6.45) is 2.54. The minimum atomic E-state index is -0.808. The van der Waals surface area contributed by atoms with Gasteiger partial charge in [-0.3, -0.25) is 4.79 Å². The first-order chi connectivity index (χ1) is 10.5. The lowest BCUT2D eigenvalue weighted by molar-refractivity contribution is -0.140. The molecule has 0 radical (unpaired) electrons. The first-order valence-corrected chi connectivity index (χ1v) is 7.67. The molecule has 1 aliphatic heterocycles. The monoisotopic (exact) mass is 310 g/mol. The second kappa shape index (κ2) is 5.83. The molecule has 1 aromatic rings. The van der Waals surface area contributed by atoms with Crippen molar-refractivity contribution in [3.8, 4) is 0 Å². The zero-order valence-corrected chi connectivity index (χ0v) is 12.4. The Hall–Kier alpha value is -1.69. The fourth-order valence-corrected chi connectivity index (χ4v) is 3.09. The molecule has 1 N–H and O–H groups in total. The Morgan fingerprint density at radius 1 is 1.18 bits per heavy atom. The van der Waals surface area contributed by atoms with E-state index in [0.717, 1.165) is 12.5 Å². The molecule has 0 aromatic heterocycles. The Bertz CT molecular complexity index is 567. The lowest BCUT2D eigenvalue weighted by Crippen LogP contribution is -2.51. The van der Waals surface area contributed by atoms with Crippen LogP contribution in [0.1, 0.15) is 25.7 Å². The highest BCUT2D eigenvalue weighted by molar-refractivity contribution is 5.77. The predicted octanol–water partition coefficient (Wildman–Crippen LogP) is 1.92. The van der Waals surface area contributed by atoms with Crippen molar-refractivity contribution in [2.24, 2.45) is 0 Å². The van der Waals surface area contributed by atoms with E-state index >= 15 is 0 Å². The van der Waals surface area contributed by atoms with E-state index in [1.165, 1.54) is 12.1 Å². The number of hydrogen-bond donors (Lipinski definition) is 1. The maximum atomic E-state index is 13.8. The number of hydrogen-bond acceptors (Lipinski definition) is 3. The molecule has 0 spiro atoms. The number of amides is 1. The number of carbonyl (C=O) groups is 1. The third-order valence-corrected chi connectivity index (χ3v) is 4.65. The Morgan fingerprint density at radius 2 is 1.86 bits per heavy atom. The van der Waals surface area contributed by atoms with Gasteiger partial charge in [-0.1, -0.05) is 0 Å². The van der Waals surface area contributed by atoms with E-state index in [1.54, 1.807) is 4.90 Å². The van der Waals surface area contributed by atoms with Gasteiger partial charge in [0.15, 0.2) is 0 Å². The predicted molar refractivity (Wildman–Crippen MR) is 78.6 cm³/mol. The molecule has 1 aliphatic carbocycles. The number of aliphatic hydroxyl groups is 1. The van der Waals surface area contributed by atoms with E-state index in [0.29, 0.717) is 44.7 Å². The molecule has 2 fully saturated rings. The average Bonchev–Trinajstić information content (AvgIpc) is 2.46. The van der Waals surface area contributed by atoms with E-state index in [9.17, 15) is 18.7 Å². The number of anilines is 1. The summed E-state index contributed by atoms with van der Waals surface area (Å²) in [5.41, 5.74) is -0.441. The molecule has 1 saturated carbocycles. The fourth-order valence-electron chi connectivity index (χ4n) is 3.09. The van der Waals surface area contributed by atoms with Crippen molar-refractivity contribution in [1.82, 2.24) is 4.90 Å². The summed E-state index contributed by atoms with van der Waals surface area (Å²) in [4.78, 5) is 15.7. The zero-order chi connectivity index (χ0) is 15.7. The highest BCUT2D eigenvalue weighted by atomic mass is 19.1. The molecule has 6 heteroatoms. The lowest BCUT2D eigenvalue weighted by atomic mass is 9.77. The van der Waals surface area contributed by atoms with Gasteiger partial charge < -0.3 is 14.9 Å². The van der Waals surface area contributed by atoms with Crippen LogP contribution in [0.25, 0.3) is 0 Å². The molecule has 1 aromatic carbocycles. The van der Waals surface area contributed by atoms with Crippen molar-refractivity contribution in [3.63, 3.8) is 0 Å². The smallest absolute Gasteiger partial charge is 0.225 e. The van der Waals surface area contributed by atoms with Crippen molar-refractivity contribution in [2.75, 3.05) is 31.1 Å². The number of nitrogens with zero attached hydrogens (tertiary/aromatic N) is 2. The van der Waals surface area contributed by atoms with Crippen molar-refractivity contribution in [3.05, 3.63) is 29.8 Å². The average molecular weight is 310 g/mol. The first kappa shape index (κ1) is 15.2. The van der Waals surface area contributed by atoms with Gasteiger partial charge in [-0.15, -0.1) is 0 Å². The number of piperazine rings is 1. The van der Waals surface area contributed by atoms with Gasteiger partial charge in [-0.25, -0.2) is 8.78 Å². The van der Waals surface area contributed by atoms with Crippen LogP contribution in [0.15, 0.2) is 18.2 Å². The van der Waals surface area contributed by atoms with Crippen molar-refractivity contribution >= 4 is 11.6 Å². The molecule has 4 nitrogen and oxygen atoms in total. The molecule has 1 amide bonds. The Balaban J connectivity index is 1.56. The van der Waals surface area contributed by atoms with Crippen LogP contribution in [-0.4, -0.2) is 47.7 Å². The molecule has 0 bridgehead atoms. The molecule has 1 saturated heterocycles. The van der Waals surface area contributed by atoms with E-state index in [-0.39, 0.29) is 12.3 Å². The van der Waals surface area contributed by atoms with Crippen LogP contribution in [0.5, 0.6) is 0 Å². The molecule has 0 unspecified atom stereocenters. The Labute approximate surface area is 128 Å². The molecular formula is C16H20F2N2O2. The molecule has 120 valence electrons. The van der Waals surface area contributed by atoms with E-state index in [2.05, 4.69) is 0 Å². The summed E-state index contributed by atoms with van der Waals surface area (Å²) in [6, 6.07) is 3.54. The van der Waals surface area contributed by atoms with Gasteiger partial charge in [-0.2, -0.15) is 0 Å². The highest BCUT2D eigenvalue weighted by Gasteiger charge is 2.38. The zero-order valence-electron chi connectivity index (χ0n) is 12.4. The van der Waals surface area contributed by atoms with Crippen LogP contribution in [0.4, 0.5) is 14.5 Å². The molecular weight excluding hydrogens is 290 g/mol. The van der Waals surface area contributed by atoms with E-state index < -0.39 is 17.2 Å². The topological polar surface area (TPSA) is 43.8 Å². The maximum Gasteiger partial charge on any atom is 0.225 e. The van der Waals surface area contributed by atoms with Gasteiger partial charge >= 0.3 is 0 Å². The van der Waals surface area contributed by atoms with Gasteiger partial charge in [0.1, 0.15) is 11.6 Å². The quantitative estimate of drug-likeness (QED) is 0.927. The SMILES string of the molecule is O=C(CC1(O)CCC1)N1CCN(c2ccc(F)cc2F)CC1. The highest BCUT2D eigenvalue weighted by Crippen LogP contribution is 2.35. The van der Waals surface area contributed by atoms with Crippen molar-refractivity contribution < 1.29 is 18.7 Å². The first-order valence-electron chi connectivity index (χ1n) is 7.67. The summed E-state index contributed by atoms with van der Waals surface area (Å²) in [7, 11) is 0. The van der Waals surface area contributed by atoms with Gasteiger partial charge in [0.2, 0.25) is 5.91 Å². The number of halogens is 2. The van der Waals surface area contributed by atoms with Crippen LogP contribution in [-0.2, 0) is 4.79 Å². The second-order valence-electron chi connectivity index (χ2n) is 6.22. The van der Waals surface area contributed by atoms with Gasteiger partial charge in [0.05, 0.1) is 17.7 Å². The van der Waals surface area contributed by atoms with E-state index in [1.807, 2.05) is 4.90 Å². The minimum absolute atomic E-state index is 0.0403. The van der Waals surface area contributed by atoms with Gasteiger partial charge in [0, 0.05) is 32.2 Å². The largest absolute Gasteiger partial charge is 0.389 e. The maximum absolute atomic E-state index is 13.8. The molecule has 3 rings (SSSR count). The molecule has 2 aliphatic rings. The second-order valence-corrected chi connectivity index (χ2v) is 6.22.